The fourth-order valence-corrected chi connectivity index (χ4v) is 2.58. The summed E-state index contributed by atoms with van der Waals surface area (Å²) >= 11 is 0. The summed E-state index contributed by atoms with van der Waals surface area (Å²) in [6.45, 7) is 2.10. The standard InChI is InChI=1S/C13H15N3O2/c1-15-11-5-4-9(16-6-2-3-7-16)8-10(11)12(14-15)13(17)18/h4-5,8H,2-3,6-7H2,1H3,(H,17,18). The van der Waals surface area contributed by atoms with E-state index in [-0.39, 0.29) is 5.69 Å². The Labute approximate surface area is 105 Å². The molecule has 0 saturated carbocycles. The molecule has 1 aliphatic heterocycles. The van der Waals surface area contributed by atoms with E-state index in [1.807, 2.05) is 18.2 Å². The Balaban J connectivity index is 2.14. The molecule has 1 saturated heterocycles. The number of carbonyl (C=O) groups is 1. The van der Waals surface area contributed by atoms with Gasteiger partial charge in [0, 0.05) is 31.2 Å². The molecule has 1 aliphatic rings. The summed E-state index contributed by atoms with van der Waals surface area (Å²) in [4.78, 5) is 13.5. The molecule has 0 amide bonds. The largest absolute Gasteiger partial charge is 0.476 e. The Hall–Kier alpha value is -2.04. The van der Waals surface area contributed by atoms with Gasteiger partial charge >= 0.3 is 5.97 Å². The van der Waals surface area contributed by atoms with Gasteiger partial charge in [0.05, 0.1) is 5.52 Å². The lowest BCUT2D eigenvalue weighted by atomic mass is 10.1. The van der Waals surface area contributed by atoms with Crippen LogP contribution in [0.15, 0.2) is 18.2 Å². The Kier molecular flexibility index (Phi) is 2.47. The normalized spacial score (nSPS) is 15.5. The maximum Gasteiger partial charge on any atom is 0.357 e. The minimum Gasteiger partial charge on any atom is -0.476 e. The van der Waals surface area contributed by atoms with Gasteiger partial charge in [-0.05, 0) is 31.0 Å². The Morgan fingerprint density at radius 2 is 2.06 bits per heavy atom. The van der Waals surface area contributed by atoms with Crippen LogP contribution in [0.3, 0.4) is 0 Å². The van der Waals surface area contributed by atoms with Crippen LogP contribution in [0.4, 0.5) is 5.69 Å². The highest BCUT2D eigenvalue weighted by atomic mass is 16.4. The maximum atomic E-state index is 11.2. The van der Waals surface area contributed by atoms with Crippen LogP contribution < -0.4 is 4.90 Å². The van der Waals surface area contributed by atoms with E-state index in [1.165, 1.54) is 12.8 Å². The first-order chi connectivity index (χ1) is 8.66. The molecule has 3 rings (SSSR count). The van der Waals surface area contributed by atoms with Crippen LogP contribution >= 0.6 is 0 Å². The molecular formula is C13H15N3O2. The lowest BCUT2D eigenvalue weighted by molar-refractivity contribution is 0.0691. The third kappa shape index (κ3) is 1.63. The predicted octanol–water partition coefficient (Wildman–Crippen LogP) is 1.87. The van der Waals surface area contributed by atoms with Crippen molar-refractivity contribution in [3.8, 4) is 0 Å². The summed E-state index contributed by atoms with van der Waals surface area (Å²) < 4.78 is 1.62. The van der Waals surface area contributed by atoms with Crippen molar-refractivity contribution >= 4 is 22.6 Å². The van der Waals surface area contributed by atoms with Crippen molar-refractivity contribution in [2.24, 2.45) is 7.05 Å². The third-order valence-electron chi connectivity index (χ3n) is 3.51. The lowest BCUT2D eigenvalue weighted by Crippen LogP contribution is -2.17. The number of aromatic carboxylic acids is 1. The van der Waals surface area contributed by atoms with Gasteiger partial charge in [0.15, 0.2) is 5.69 Å². The molecule has 0 unspecified atom stereocenters. The van der Waals surface area contributed by atoms with E-state index in [4.69, 9.17) is 5.11 Å². The molecule has 1 aromatic heterocycles. The third-order valence-corrected chi connectivity index (χ3v) is 3.51. The summed E-state index contributed by atoms with van der Waals surface area (Å²) in [6.07, 6.45) is 2.41. The van der Waals surface area contributed by atoms with Gasteiger partial charge in [-0.15, -0.1) is 0 Å². The van der Waals surface area contributed by atoms with Gasteiger partial charge in [-0.2, -0.15) is 5.10 Å². The number of carboxylic acids is 1. The Morgan fingerprint density at radius 1 is 1.33 bits per heavy atom. The first-order valence-electron chi connectivity index (χ1n) is 6.12. The van der Waals surface area contributed by atoms with Crippen LogP contribution in [0.1, 0.15) is 23.3 Å². The second-order valence-electron chi connectivity index (χ2n) is 4.67. The molecule has 0 aliphatic carbocycles. The van der Waals surface area contributed by atoms with Crippen LogP contribution in [0.2, 0.25) is 0 Å². The first kappa shape index (κ1) is 11.1. The number of benzene rings is 1. The smallest absolute Gasteiger partial charge is 0.357 e. The van der Waals surface area contributed by atoms with Crippen LogP contribution in [0.25, 0.3) is 10.9 Å². The fourth-order valence-electron chi connectivity index (χ4n) is 2.58. The number of nitrogens with zero attached hydrogens (tertiary/aromatic N) is 3. The minimum atomic E-state index is -0.973. The summed E-state index contributed by atoms with van der Waals surface area (Å²) in [5.41, 5.74) is 2.08. The lowest BCUT2D eigenvalue weighted by Gasteiger charge is -2.17. The molecule has 0 spiro atoms. The van der Waals surface area contributed by atoms with Crippen LogP contribution in [0, 0.1) is 0 Å². The monoisotopic (exact) mass is 245 g/mol. The van der Waals surface area contributed by atoms with E-state index in [0.29, 0.717) is 0 Å². The second-order valence-corrected chi connectivity index (χ2v) is 4.67. The predicted molar refractivity (Wildman–Crippen MR) is 69.1 cm³/mol. The highest BCUT2D eigenvalue weighted by molar-refractivity contribution is 6.02. The molecule has 0 radical (unpaired) electrons. The van der Waals surface area contributed by atoms with Crippen molar-refractivity contribution in [3.05, 3.63) is 23.9 Å². The van der Waals surface area contributed by atoms with Crippen molar-refractivity contribution in [1.29, 1.82) is 0 Å². The number of rotatable bonds is 2. The second kappa shape index (κ2) is 4.01. The van der Waals surface area contributed by atoms with Gasteiger partial charge in [-0.3, -0.25) is 4.68 Å². The SMILES string of the molecule is Cn1nc(C(=O)O)c2cc(N3CCCC3)ccc21. The zero-order valence-corrected chi connectivity index (χ0v) is 10.3. The number of hydrogen-bond acceptors (Lipinski definition) is 3. The molecular weight excluding hydrogens is 230 g/mol. The molecule has 1 aromatic carbocycles. The number of carboxylic acid groups (broad SMARTS) is 1. The fraction of sp³-hybridized carbons (Fsp3) is 0.385. The van der Waals surface area contributed by atoms with Gasteiger partial charge in [0.2, 0.25) is 0 Å². The molecule has 18 heavy (non-hydrogen) atoms. The van der Waals surface area contributed by atoms with Crippen molar-refractivity contribution in [2.45, 2.75) is 12.8 Å². The molecule has 5 nitrogen and oxygen atoms in total. The zero-order chi connectivity index (χ0) is 12.7. The van der Waals surface area contributed by atoms with Crippen molar-refractivity contribution in [3.63, 3.8) is 0 Å². The quantitative estimate of drug-likeness (QED) is 0.877. The molecule has 5 heteroatoms. The first-order valence-corrected chi connectivity index (χ1v) is 6.12. The van der Waals surface area contributed by atoms with Crippen molar-refractivity contribution in [2.75, 3.05) is 18.0 Å². The number of fused-ring (bicyclic) bond motifs is 1. The summed E-state index contributed by atoms with van der Waals surface area (Å²) in [5, 5.41) is 13.9. The Bertz CT molecular complexity index is 612. The van der Waals surface area contributed by atoms with Crippen LogP contribution in [-0.2, 0) is 7.05 Å². The molecule has 0 bridgehead atoms. The number of aryl methyl sites for hydroxylation is 1. The van der Waals surface area contributed by atoms with E-state index in [2.05, 4.69) is 10.00 Å². The highest BCUT2D eigenvalue weighted by Gasteiger charge is 2.18. The Morgan fingerprint density at radius 3 is 2.72 bits per heavy atom. The summed E-state index contributed by atoms with van der Waals surface area (Å²) in [6, 6.07) is 5.93. The van der Waals surface area contributed by atoms with E-state index >= 15 is 0 Å². The van der Waals surface area contributed by atoms with Gasteiger partial charge in [-0.1, -0.05) is 0 Å². The molecule has 2 aromatic rings. The van der Waals surface area contributed by atoms with E-state index < -0.39 is 5.97 Å². The number of aromatic nitrogens is 2. The number of hydrogen-bond donors (Lipinski definition) is 1. The molecule has 0 atom stereocenters. The van der Waals surface area contributed by atoms with Crippen molar-refractivity contribution in [1.82, 2.24) is 9.78 Å². The van der Waals surface area contributed by atoms with Gasteiger partial charge < -0.3 is 10.0 Å². The molecule has 2 heterocycles. The summed E-state index contributed by atoms with van der Waals surface area (Å²) in [5.74, 6) is -0.973. The van der Waals surface area contributed by atoms with Gasteiger partial charge in [-0.25, -0.2) is 4.79 Å². The van der Waals surface area contributed by atoms with Crippen LogP contribution in [0.5, 0.6) is 0 Å². The molecule has 94 valence electrons. The molecule has 1 fully saturated rings. The van der Waals surface area contributed by atoms with E-state index in [9.17, 15) is 4.79 Å². The van der Waals surface area contributed by atoms with E-state index in [1.54, 1.807) is 11.7 Å². The average molecular weight is 245 g/mol. The number of anilines is 1. The van der Waals surface area contributed by atoms with Crippen molar-refractivity contribution < 1.29 is 9.90 Å². The van der Waals surface area contributed by atoms with Gasteiger partial charge in [0.1, 0.15) is 0 Å². The maximum absolute atomic E-state index is 11.2. The minimum absolute atomic E-state index is 0.133. The summed E-state index contributed by atoms with van der Waals surface area (Å²) in [7, 11) is 1.77. The van der Waals surface area contributed by atoms with E-state index in [0.717, 1.165) is 29.7 Å². The molecule has 1 N–H and O–H groups in total. The highest BCUT2D eigenvalue weighted by Crippen LogP contribution is 2.26. The zero-order valence-electron chi connectivity index (χ0n) is 10.3. The topological polar surface area (TPSA) is 58.4 Å². The average Bonchev–Trinajstić information content (AvgIpc) is 2.97. The van der Waals surface area contributed by atoms with Crippen LogP contribution in [-0.4, -0.2) is 33.9 Å². The van der Waals surface area contributed by atoms with Gasteiger partial charge in [0.25, 0.3) is 0 Å².